The molecule has 0 fully saturated rings. The molecule has 0 rings (SSSR count). The van der Waals surface area contributed by atoms with Gasteiger partial charge in [0.05, 0.1) is 13.2 Å². The highest BCUT2D eigenvalue weighted by molar-refractivity contribution is 6.01. The van der Waals surface area contributed by atoms with Crippen molar-refractivity contribution in [3.05, 3.63) is 12.2 Å². The molecule has 0 amide bonds. The van der Waals surface area contributed by atoms with Gasteiger partial charge in [-0.3, -0.25) is 9.59 Å². The molecule has 0 saturated heterocycles. The molecule has 0 aliphatic heterocycles. The van der Waals surface area contributed by atoms with E-state index in [1.54, 1.807) is 26.0 Å². The summed E-state index contributed by atoms with van der Waals surface area (Å²) in [5.74, 6) is -1.14. The first kappa shape index (κ1) is 14.7. The van der Waals surface area contributed by atoms with Gasteiger partial charge in [0.15, 0.2) is 5.41 Å². The average Bonchev–Trinajstić information content (AvgIpc) is 2.26. The quantitative estimate of drug-likeness (QED) is 0.397. The maximum absolute atomic E-state index is 11.7. The molecule has 16 heavy (non-hydrogen) atoms. The molecule has 4 nitrogen and oxygen atoms in total. The summed E-state index contributed by atoms with van der Waals surface area (Å²) in [6, 6.07) is 0. The number of ether oxygens (including phenoxy) is 2. The van der Waals surface area contributed by atoms with E-state index in [1.165, 1.54) is 6.92 Å². The Bertz CT molecular complexity index is 250. The Morgan fingerprint density at radius 2 is 1.50 bits per heavy atom. The predicted molar refractivity (Wildman–Crippen MR) is 60.8 cm³/mol. The zero-order valence-electron chi connectivity index (χ0n) is 10.4. The fraction of sp³-hybridized carbons (Fsp3) is 0.667. The molecule has 0 aromatic heterocycles. The maximum Gasteiger partial charge on any atom is 0.327 e. The van der Waals surface area contributed by atoms with Crippen LogP contribution in [0.25, 0.3) is 0 Å². The van der Waals surface area contributed by atoms with Crippen LogP contribution < -0.4 is 0 Å². The third kappa shape index (κ3) is 3.68. The van der Waals surface area contributed by atoms with Crippen molar-refractivity contribution in [2.24, 2.45) is 5.41 Å². The second-order valence-electron chi connectivity index (χ2n) is 3.45. The highest BCUT2D eigenvalue weighted by Gasteiger charge is 2.41. The molecule has 0 saturated carbocycles. The zero-order chi connectivity index (χ0) is 12.6. The van der Waals surface area contributed by atoms with E-state index in [0.29, 0.717) is 0 Å². The van der Waals surface area contributed by atoms with E-state index in [1.807, 2.05) is 6.92 Å². The maximum atomic E-state index is 11.7. The van der Waals surface area contributed by atoms with Crippen molar-refractivity contribution >= 4 is 11.9 Å². The van der Waals surface area contributed by atoms with E-state index in [4.69, 9.17) is 9.47 Å². The first-order valence-electron chi connectivity index (χ1n) is 5.55. The molecular weight excluding hydrogens is 208 g/mol. The molecule has 0 aliphatic carbocycles. The van der Waals surface area contributed by atoms with Gasteiger partial charge in [-0.1, -0.05) is 19.1 Å². The number of carbonyl (C=O) groups excluding carboxylic acids is 2. The van der Waals surface area contributed by atoms with Gasteiger partial charge in [-0.2, -0.15) is 0 Å². The normalized spacial score (nSPS) is 11.5. The summed E-state index contributed by atoms with van der Waals surface area (Å²) in [7, 11) is 0. The van der Waals surface area contributed by atoms with Gasteiger partial charge >= 0.3 is 11.9 Å². The molecule has 0 atom stereocenters. The highest BCUT2D eigenvalue weighted by atomic mass is 16.6. The van der Waals surface area contributed by atoms with Gasteiger partial charge in [0.2, 0.25) is 0 Å². The van der Waals surface area contributed by atoms with E-state index in [9.17, 15) is 9.59 Å². The average molecular weight is 228 g/mol. The minimum atomic E-state index is -1.33. The van der Waals surface area contributed by atoms with Crippen LogP contribution in [0.3, 0.4) is 0 Å². The minimum absolute atomic E-state index is 0.244. The van der Waals surface area contributed by atoms with E-state index in [0.717, 1.165) is 6.42 Å². The smallest absolute Gasteiger partial charge is 0.327 e. The highest BCUT2D eigenvalue weighted by Crippen LogP contribution is 2.23. The number of allylic oxidation sites excluding steroid dienone is 1. The second kappa shape index (κ2) is 7.04. The lowest BCUT2D eigenvalue weighted by molar-refractivity contribution is -0.166. The Hall–Kier alpha value is -1.32. The second-order valence-corrected chi connectivity index (χ2v) is 3.45. The summed E-state index contributed by atoms with van der Waals surface area (Å²) in [5, 5.41) is 0. The summed E-state index contributed by atoms with van der Waals surface area (Å²) < 4.78 is 9.76. The monoisotopic (exact) mass is 228 g/mol. The predicted octanol–water partition coefficient (Wildman–Crippen LogP) is 2.09. The molecule has 0 unspecified atom stereocenters. The largest absolute Gasteiger partial charge is 0.465 e. The van der Waals surface area contributed by atoms with Crippen molar-refractivity contribution in [3.8, 4) is 0 Å². The Kier molecular flexibility index (Phi) is 6.46. The molecule has 92 valence electrons. The molecule has 0 aromatic rings. The summed E-state index contributed by atoms with van der Waals surface area (Å²) in [6.07, 6.45) is 4.05. The zero-order valence-corrected chi connectivity index (χ0v) is 10.4. The van der Waals surface area contributed by atoms with Gasteiger partial charge < -0.3 is 9.47 Å². The lowest BCUT2D eigenvalue weighted by atomic mass is 9.90. The van der Waals surface area contributed by atoms with Crippen LogP contribution >= 0.6 is 0 Å². The number of carbonyl (C=O) groups is 2. The lowest BCUT2D eigenvalue weighted by Gasteiger charge is -2.21. The molecule has 4 heteroatoms. The van der Waals surface area contributed by atoms with Gasteiger partial charge in [-0.25, -0.2) is 0 Å². The van der Waals surface area contributed by atoms with Crippen LogP contribution in [-0.2, 0) is 19.1 Å². The first-order chi connectivity index (χ1) is 7.52. The number of hydrogen-bond acceptors (Lipinski definition) is 4. The minimum Gasteiger partial charge on any atom is -0.465 e. The van der Waals surface area contributed by atoms with E-state index < -0.39 is 17.4 Å². The molecule has 0 heterocycles. The van der Waals surface area contributed by atoms with Crippen molar-refractivity contribution in [2.75, 3.05) is 13.2 Å². The third-order valence-electron chi connectivity index (χ3n) is 2.09. The Labute approximate surface area is 96.6 Å². The Balaban J connectivity index is 4.94. The fourth-order valence-electron chi connectivity index (χ4n) is 1.13. The van der Waals surface area contributed by atoms with Gasteiger partial charge in [-0.05, 0) is 27.2 Å². The Morgan fingerprint density at radius 3 is 1.81 bits per heavy atom. The standard InChI is InChI=1S/C12H20O4/c1-5-8-9-12(4,10(13)15-6-2)11(14)16-7-3/h8-9H,5-7H2,1-4H3/b9-8+. The molecule has 0 radical (unpaired) electrons. The molecule has 0 aromatic carbocycles. The number of rotatable bonds is 6. The summed E-state index contributed by atoms with van der Waals surface area (Å²) in [5.41, 5.74) is -1.33. The molecule has 0 N–H and O–H groups in total. The van der Waals surface area contributed by atoms with E-state index in [-0.39, 0.29) is 13.2 Å². The van der Waals surface area contributed by atoms with Crippen molar-refractivity contribution in [2.45, 2.75) is 34.1 Å². The van der Waals surface area contributed by atoms with Crippen LogP contribution in [0.4, 0.5) is 0 Å². The SMILES string of the molecule is CC/C=C/C(C)(C(=O)OCC)C(=O)OCC. The molecular formula is C12H20O4. The van der Waals surface area contributed by atoms with Crippen molar-refractivity contribution in [1.29, 1.82) is 0 Å². The Morgan fingerprint density at radius 1 is 1.06 bits per heavy atom. The third-order valence-corrected chi connectivity index (χ3v) is 2.09. The summed E-state index contributed by atoms with van der Waals surface area (Å²) in [4.78, 5) is 23.4. The molecule has 0 bridgehead atoms. The van der Waals surface area contributed by atoms with Gasteiger partial charge in [0.25, 0.3) is 0 Å². The van der Waals surface area contributed by atoms with Gasteiger partial charge in [-0.15, -0.1) is 0 Å². The first-order valence-corrected chi connectivity index (χ1v) is 5.55. The summed E-state index contributed by atoms with van der Waals surface area (Å²) >= 11 is 0. The lowest BCUT2D eigenvalue weighted by Crippen LogP contribution is -2.37. The van der Waals surface area contributed by atoms with Crippen LogP contribution in [0.1, 0.15) is 34.1 Å². The van der Waals surface area contributed by atoms with Gasteiger partial charge in [0.1, 0.15) is 0 Å². The van der Waals surface area contributed by atoms with E-state index >= 15 is 0 Å². The number of esters is 2. The summed E-state index contributed by atoms with van der Waals surface area (Å²) in [6.45, 7) is 7.32. The molecule has 0 aliphatic rings. The van der Waals surface area contributed by atoms with Crippen molar-refractivity contribution < 1.29 is 19.1 Å². The van der Waals surface area contributed by atoms with Crippen molar-refractivity contribution in [3.63, 3.8) is 0 Å². The molecule has 0 spiro atoms. The van der Waals surface area contributed by atoms with Crippen LogP contribution in [0.5, 0.6) is 0 Å². The van der Waals surface area contributed by atoms with Gasteiger partial charge in [0, 0.05) is 0 Å². The topological polar surface area (TPSA) is 52.6 Å². The van der Waals surface area contributed by atoms with Crippen LogP contribution in [0.2, 0.25) is 0 Å². The van der Waals surface area contributed by atoms with Crippen molar-refractivity contribution in [1.82, 2.24) is 0 Å². The number of hydrogen-bond donors (Lipinski definition) is 0. The fourth-order valence-corrected chi connectivity index (χ4v) is 1.13. The van der Waals surface area contributed by atoms with Crippen LogP contribution in [0.15, 0.2) is 12.2 Å². The van der Waals surface area contributed by atoms with E-state index in [2.05, 4.69) is 0 Å². The van der Waals surface area contributed by atoms with Crippen LogP contribution in [-0.4, -0.2) is 25.2 Å². The van der Waals surface area contributed by atoms with Crippen LogP contribution in [0, 0.1) is 5.41 Å².